The molecule has 0 unspecified atom stereocenters. The Morgan fingerprint density at radius 2 is 1.59 bits per heavy atom. The molecule has 4 rings (SSSR count). The van der Waals surface area contributed by atoms with Gasteiger partial charge in [-0.15, -0.1) is 0 Å². The molecule has 2 aliphatic rings. The van der Waals surface area contributed by atoms with E-state index in [1.54, 1.807) is 30.3 Å². The highest BCUT2D eigenvalue weighted by molar-refractivity contribution is 8.18. The van der Waals surface area contributed by atoms with E-state index >= 15 is 0 Å². The maximum atomic E-state index is 12.6. The molecular formula is C25H23N3O5S. The van der Waals surface area contributed by atoms with Crippen molar-refractivity contribution in [3.8, 4) is 0 Å². The maximum absolute atomic E-state index is 12.6. The molecule has 2 aromatic carbocycles. The number of aryl methyl sites for hydroxylation is 1. The fourth-order valence-corrected chi connectivity index (χ4v) is 4.50. The van der Waals surface area contributed by atoms with Gasteiger partial charge in [-0.1, -0.05) is 42.0 Å². The Morgan fingerprint density at radius 1 is 0.941 bits per heavy atom. The van der Waals surface area contributed by atoms with Crippen molar-refractivity contribution < 1.29 is 24.0 Å². The Bertz CT molecular complexity index is 1170. The van der Waals surface area contributed by atoms with Crippen molar-refractivity contribution in [3.63, 3.8) is 0 Å². The van der Waals surface area contributed by atoms with E-state index in [0.717, 1.165) is 33.4 Å². The van der Waals surface area contributed by atoms with E-state index in [1.165, 1.54) is 4.90 Å². The Hall–Kier alpha value is -3.72. The van der Waals surface area contributed by atoms with Crippen molar-refractivity contribution in [1.29, 1.82) is 0 Å². The standard InChI is InChI=1S/C25H23N3O5S/c1-16-2-4-17(5-3-16)14-20-24(32)27(25(33)34-20)13-12-26-23(31)19-8-6-18(7-9-19)15-28-21(29)10-11-22(28)30/h2-9,14H,10-13,15H2,1H3,(H,26,31)/b20-14-. The van der Waals surface area contributed by atoms with Gasteiger partial charge in [0.05, 0.1) is 11.4 Å². The number of nitrogens with one attached hydrogen (secondary N) is 1. The molecule has 0 aliphatic carbocycles. The molecule has 0 atom stereocenters. The molecule has 34 heavy (non-hydrogen) atoms. The van der Waals surface area contributed by atoms with Crippen LogP contribution in [-0.4, -0.2) is 51.8 Å². The van der Waals surface area contributed by atoms with Gasteiger partial charge in [0.25, 0.3) is 17.1 Å². The second kappa shape index (κ2) is 10.0. The summed E-state index contributed by atoms with van der Waals surface area (Å²) in [5.74, 6) is -1.09. The summed E-state index contributed by atoms with van der Waals surface area (Å²) < 4.78 is 0. The lowest BCUT2D eigenvalue weighted by atomic mass is 10.1. The van der Waals surface area contributed by atoms with Crippen molar-refractivity contribution in [1.82, 2.24) is 15.1 Å². The molecule has 8 nitrogen and oxygen atoms in total. The number of likely N-dealkylation sites (tertiary alicyclic amines) is 1. The largest absolute Gasteiger partial charge is 0.350 e. The fourth-order valence-electron chi connectivity index (χ4n) is 3.63. The highest BCUT2D eigenvalue weighted by atomic mass is 32.2. The van der Waals surface area contributed by atoms with Crippen LogP contribution in [0.3, 0.4) is 0 Å². The first kappa shape index (κ1) is 23.4. The summed E-state index contributed by atoms with van der Waals surface area (Å²) in [7, 11) is 0. The van der Waals surface area contributed by atoms with Gasteiger partial charge in [-0.2, -0.15) is 0 Å². The van der Waals surface area contributed by atoms with Crippen LogP contribution in [0.4, 0.5) is 4.79 Å². The van der Waals surface area contributed by atoms with Crippen molar-refractivity contribution in [2.24, 2.45) is 0 Å². The smallest absolute Gasteiger partial charge is 0.293 e. The lowest BCUT2D eigenvalue weighted by Gasteiger charge is -2.14. The molecule has 0 aromatic heterocycles. The minimum absolute atomic E-state index is 0.0684. The second-order valence-corrected chi connectivity index (χ2v) is 9.06. The summed E-state index contributed by atoms with van der Waals surface area (Å²) in [6.07, 6.45) is 2.17. The second-order valence-electron chi connectivity index (χ2n) is 8.07. The lowest BCUT2D eigenvalue weighted by molar-refractivity contribution is -0.139. The van der Waals surface area contributed by atoms with Gasteiger partial charge in [-0.05, 0) is 48.0 Å². The third-order valence-corrected chi connectivity index (χ3v) is 6.49. The molecule has 0 bridgehead atoms. The van der Waals surface area contributed by atoms with Crippen molar-refractivity contribution in [3.05, 3.63) is 75.7 Å². The first-order valence-electron chi connectivity index (χ1n) is 10.8. The van der Waals surface area contributed by atoms with Gasteiger partial charge >= 0.3 is 0 Å². The molecule has 1 N–H and O–H groups in total. The highest BCUT2D eigenvalue weighted by Crippen LogP contribution is 2.31. The molecule has 0 spiro atoms. The number of imide groups is 2. The predicted molar refractivity (Wildman–Crippen MR) is 127 cm³/mol. The molecule has 9 heteroatoms. The Kier molecular flexibility index (Phi) is 6.93. The molecule has 174 valence electrons. The summed E-state index contributed by atoms with van der Waals surface area (Å²) in [6.45, 7) is 2.35. The van der Waals surface area contributed by atoms with Crippen molar-refractivity contribution in [2.75, 3.05) is 13.1 Å². The van der Waals surface area contributed by atoms with E-state index < -0.39 is 0 Å². The average molecular weight is 478 g/mol. The third kappa shape index (κ3) is 5.26. The van der Waals surface area contributed by atoms with Crippen LogP contribution in [0.2, 0.25) is 0 Å². The number of hydrogen-bond acceptors (Lipinski definition) is 6. The predicted octanol–water partition coefficient (Wildman–Crippen LogP) is 3.11. The lowest BCUT2D eigenvalue weighted by Crippen LogP contribution is -2.37. The molecule has 5 amide bonds. The number of amides is 5. The number of thioether (sulfide) groups is 1. The molecule has 2 aliphatic heterocycles. The van der Waals surface area contributed by atoms with E-state index in [4.69, 9.17) is 0 Å². The van der Waals surface area contributed by atoms with E-state index in [2.05, 4.69) is 5.32 Å². The summed E-state index contributed by atoms with van der Waals surface area (Å²) in [6, 6.07) is 14.2. The molecule has 2 heterocycles. The number of benzene rings is 2. The summed E-state index contributed by atoms with van der Waals surface area (Å²) >= 11 is 0.885. The molecule has 0 saturated carbocycles. The van der Waals surface area contributed by atoms with Gasteiger partial charge in [0.15, 0.2) is 0 Å². The van der Waals surface area contributed by atoms with Crippen LogP contribution >= 0.6 is 11.8 Å². The van der Waals surface area contributed by atoms with Crippen LogP contribution < -0.4 is 5.32 Å². The molecular weight excluding hydrogens is 454 g/mol. The Morgan fingerprint density at radius 3 is 2.24 bits per heavy atom. The first-order chi connectivity index (χ1) is 16.3. The Labute approximate surface area is 201 Å². The van der Waals surface area contributed by atoms with Crippen LogP contribution in [0.5, 0.6) is 0 Å². The van der Waals surface area contributed by atoms with E-state index in [1.807, 2.05) is 31.2 Å². The number of rotatable bonds is 7. The van der Waals surface area contributed by atoms with E-state index in [-0.39, 0.29) is 61.3 Å². The first-order valence-corrected chi connectivity index (χ1v) is 11.7. The van der Waals surface area contributed by atoms with Gasteiger partial charge in [-0.3, -0.25) is 33.8 Å². The van der Waals surface area contributed by atoms with E-state index in [0.29, 0.717) is 10.5 Å². The van der Waals surface area contributed by atoms with Gasteiger partial charge in [0.2, 0.25) is 11.8 Å². The topological polar surface area (TPSA) is 104 Å². The monoisotopic (exact) mass is 477 g/mol. The van der Waals surface area contributed by atoms with Crippen molar-refractivity contribution in [2.45, 2.75) is 26.3 Å². The number of nitrogens with zero attached hydrogens (tertiary/aromatic N) is 2. The third-order valence-electron chi connectivity index (χ3n) is 5.58. The maximum Gasteiger partial charge on any atom is 0.293 e. The van der Waals surface area contributed by atoms with Gasteiger partial charge in [0, 0.05) is 31.5 Å². The van der Waals surface area contributed by atoms with Crippen LogP contribution in [0.1, 0.15) is 39.9 Å². The number of carbonyl (C=O) groups is 5. The normalized spacial score (nSPS) is 17.3. The highest BCUT2D eigenvalue weighted by Gasteiger charge is 2.34. The summed E-state index contributed by atoms with van der Waals surface area (Å²) in [5, 5.41) is 2.34. The minimum Gasteiger partial charge on any atom is -0.350 e. The molecule has 2 fully saturated rings. The van der Waals surface area contributed by atoms with Gasteiger partial charge in [-0.25, -0.2) is 0 Å². The summed E-state index contributed by atoms with van der Waals surface area (Å²) in [5.41, 5.74) is 3.09. The molecule has 2 saturated heterocycles. The zero-order valence-corrected chi connectivity index (χ0v) is 19.4. The average Bonchev–Trinajstić information content (AvgIpc) is 3.28. The summed E-state index contributed by atoms with van der Waals surface area (Å²) in [4.78, 5) is 63.5. The van der Waals surface area contributed by atoms with Gasteiger partial charge in [0.1, 0.15) is 0 Å². The molecule has 2 aromatic rings. The fraction of sp³-hybridized carbons (Fsp3) is 0.240. The minimum atomic E-state index is -0.375. The Balaban J connectivity index is 1.29. The van der Waals surface area contributed by atoms with Crippen molar-refractivity contribution >= 4 is 46.7 Å². The van der Waals surface area contributed by atoms with Crippen LogP contribution in [0.25, 0.3) is 6.08 Å². The van der Waals surface area contributed by atoms with Crippen LogP contribution in [0.15, 0.2) is 53.4 Å². The SMILES string of the molecule is Cc1ccc(/C=C2\SC(=O)N(CCNC(=O)c3ccc(CN4C(=O)CCC4=O)cc3)C2=O)cc1. The molecule has 0 radical (unpaired) electrons. The van der Waals surface area contributed by atoms with Crippen LogP contribution in [0, 0.1) is 6.92 Å². The zero-order chi connectivity index (χ0) is 24.2. The number of carbonyl (C=O) groups excluding carboxylic acids is 5. The van der Waals surface area contributed by atoms with E-state index in [9.17, 15) is 24.0 Å². The quantitative estimate of drug-likeness (QED) is 0.486. The zero-order valence-electron chi connectivity index (χ0n) is 18.6. The van der Waals surface area contributed by atoms with Crippen LogP contribution in [-0.2, 0) is 20.9 Å². The van der Waals surface area contributed by atoms with Gasteiger partial charge < -0.3 is 5.32 Å². The number of hydrogen-bond donors (Lipinski definition) is 1.